The van der Waals surface area contributed by atoms with Crippen LogP contribution in [0.1, 0.15) is 11.1 Å². The molecule has 90 valence electrons. The number of rotatable bonds is 2. The van der Waals surface area contributed by atoms with Gasteiger partial charge in [-0.2, -0.15) is 13.2 Å². The average Bonchev–Trinajstić information content (AvgIpc) is 2.15. The summed E-state index contributed by atoms with van der Waals surface area (Å²) in [5.74, 6) is 0. The molecule has 1 aromatic carbocycles. The van der Waals surface area contributed by atoms with E-state index in [1.807, 2.05) is 0 Å². The van der Waals surface area contributed by atoms with E-state index in [1.54, 1.807) is 6.92 Å². The number of aryl methyl sites for hydroxylation is 1. The number of halogens is 6. The van der Waals surface area contributed by atoms with Gasteiger partial charge in [0.25, 0.3) is 12.1 Å². The third-order valence-electron chi connectivity index (χ3n) is 2.18. The number of hydrogen-bond acceptors (Lipinski definition) is 0. The second-order valence-electron chi connectivity index (χ2n) is 3.38. The Kier molecular flexibility index (Phi) is 3.21. The minimum Gasteiger partial charge on any atom is -0.222 e. The first-order valence-electron chi connectivity index (χ1n) is 4.30. The SMILES string of the molecule is Cc1ccc(C(F)(C(F)F)C(F)(F)F)cc1. The van der Waals surface area contributed by atoms with E-state index >= 15 is 0 Å². The molecule has 0 bridgehead atoms. The van der Waals surface area contributed by atoms with Crippen molar-refractivity contribution in [3.05, 3.63) is 35.4 Å². The van der Waals surface area contributed by atoms with Crippen molar-refractivity contribution < 1.29 is 26.3 Å². The van der Waals surface area contributed by atoms with E-state index < -0.39 is 23.8 Å². The first kappa shape index (κ1) is 12.9. The van der Waals surface area contributed by atoms with Crippen molar-refractivity contribution in [1.29, 1.82) is 0 Å². The molecular weight excluding hydrogens is 234 g/mol. The third-order valence-corrected chi connectivity index (χ3v) is 2.18. The van der Waals surface area contributed by atoms with Crippen molar-refractivity contribution in [3.8, 4) is 0 Å². The molecule has 0 amide bonds. The normalized spacial score (nSPS) is 16.2. The second kappa shape index (κ2) is 3.99. The van der Waals surface area contributed by atoms with E-state index in [4.69, 9.17) is 0 Å². The smallest absolute Gasteiger partial charge is 0.222 e. The summed E-state index contributed by atoms with van der Waals surface area (Å²) in [5, 5.41) is 0. The fourth-order valence-corrected chi connectivity index (χ4v) is 1.21. The van der Waals surface area contributed by atoms with Crippen LogP contribution in [-0.4, -0.2) is 12.6 Å². The molecule has 0 nitrogen and oxygen atoms in total. The molecule has 0 N–H and O–H groups in total. The van der Waals surface area contributed by atoms with Crippen LogP contribution in [0.3, 0.4) is 0 Å². The quantitative estimate of drug-likeness (QED) is 0.688. The van der Waals surface area contributed by atoms with Crippen molar-refractivity contribution >= 4 is 0 Å². The molecular formula is C10H8F6. The van der Waals surface area contributed by atoms with Crippen LogP contribution in [-0.2, 0) is 5.67 Å². The van der Waals surface area contributed by atoms with E-state index in [2.05, 4.69) is 0 Å². The van der Waals surface area contributed by atoms with Gasteiger partial charge in [-0.15, -0.1) is 0 Å². The van der Waals surface area contributed by atoms with Crippen molar-refractivity contribution in [3.63, 3.8) is 0 Å². The van der Waals surface area contributed by atoms with Crippen LogP contribution < -0.4 is 0 Å². The Hall–Kier alpha value is -1.20. The van der Waals surface area contributed by atoms with Crippen LogP contribution in [0.4, 0.5) is 26.3 Å². The maximum atomic E-state index is 13.4. The van der Waals surface area contributed by atoms with Crippen LogP contribution in [0.5, 0.6) is 0 Å². The predicted octanol–water partition coefficient (Wildman–Crippen LogP) is 3.99. The molecule has 1 atom stereocenters. The highest BCUT2D eigenvalue weighted by atomic mass is 19.4. The topological polar surface area (TPSA) is 0 Å². The zero-order valence-corrected chi connectivity index (χ0v) is 8.15. The van der Waals surface area contributed by atoms with E-state index in [9.17, 15) is 26.3 Å². The van der Waals surface area contributed by atoms with Gasteiger partial charge in [-0.05, 0) is 6.92 Å². The van der Waals surface area contributed by atoms with E-state index in [1.165, 1.54) is 0 Å². The Morgan fingerprint density at radius 3 is 1.69 bits per heavy atom. The molecule has 1 unspecified atom stereocenters. The molecule has 0 fully saturated rings. The Morgan fingerprint density at radius 2 is 1.38 bits per heavy atom. The highest BCUT2D eigenvalue weighted by Crippen LogP contribution is 2.46. The van der Waals surface area contributed by atoms with Crippen molar-refractivity contribution in [2.24, 2.45) is 0 Å². The molecule has 0 aliphatic carbocycles. The fraction of sp³-hybridized carbons (Fsp3) is 0.400. The Morgan fingerprint density at radius 1 is 0.938 bits per heavy atom. The molecule has 1 aromatic rings. The predicted molar refractivity (Wildman–Crippen MR) is 46.0 cm³/mol. The lowest BCUT2D eigenvalue weighted by Gasteiger charge is -2.27. The summed E-state index contributed by atoms with van der Waals surface area (Å²) in [7, 11) is 0. The second-order valence-corrected chi connectivity index (χ2v) is 3.38. The number of hydrogen-bond donors (Lipinski definition) is 0. The molecule has 0 radical (unpaired) electrons. The molecule has 0 aliphatic heterocycles. The van der Waals surface area contributed by atoms with E-state index in [-0.39, 0.29) is 0 Å². The van der Waals surface area contributed by atoms with Gasteiger partial charge in [0.2, 0.25) is 0 Å². The van der Waals surface area contributed by atoms with Gasteiger partial charge in [0.05, 0.1) is 0 Å². The van der Waals surface area contributed by atoms with Crippen molar-refractivity contribution in [2.75, 3.05) is 0 Å². The zero-order chi connectivity index (χ0) is 12.6. The van der Waals surface area contributed by atoms with Crippen LogP contribution in [0.25, 0.3) is 0 Å². The highest BCUT2D eigenvalue weighted by molar-refractivity contribution is 5.28. The summed E-state index contributed by atoms with van der Waals surface area (Å²) in [6.45, 7) is 1.56. The van der Waals surface area contributed by atoms with Gasteiger partial charge in [-0.25, -0.2) is 13.2 Å². The van der Waals surface area contributed by atoms with Gasteiger partial charge >= 0.3 is 6.18 Å². The van der Waals surface area contributed by atoms with Crippen molar-refractivity contribution in [1.82, 2.24) is 0 Å². The molecule has 0 saturated heterocycles. The third kappa shape index (κ3) is 2.01. The highest BCUT2D eigenvalue weighted by Gasteiger charge is 2.63. The van der Waals surface area contributed by atoms with Gasteiger partial charge in [0.15, 0.2) is 0 Å². The molecule has 6 heteroatoms. The summed E-state index contributed by atoms with van der Waals surface area (Å²) in [4.78, 5) is 0. The summed E-state index contributed by atoms with van der Waals surface area (Å²) >= 11 is 0. The van der Waals surface area contributed by atoms with E-state index in [0.29, 0.717) is 5.56 Å². The van der Waals surface area contributed by atoms with Gasteiger partial charge in [-0.3, -0.25) is 0 Å². The van der Waals surface area contributed by atoms with Crippen LogP contribution >= 0.6 is 0 Å². The minimum atomic E-state index is -5.64. The lowest BCUT2D eigenvalue weighted by atomic mass is 9.95. The first-order chi connectivity index (χ1) is 7.19. The summed E-state index contributed by atoms with van der Waals surface area (Å²) in [6, 6.07) is 3.74. The van der Waals surface area contributed by atoms with Crippen molar-refractivity contribution in [2.45, 2.75) is 25.2 Å². The van der Waals surface area contributed by atoms with Crippen LogP contribution in [0.2, 0.25) is 0 Å². The molecule has 0 aliphatic rings. The summed E-state index contributed by atoms with van der Waals surface area (Å²) in [6.07, 6.45) is -9.80. The average molecular weight is 242 g/mol. The standard InChI is InChI=1S/C10H8F6/c1-6-2-4-7(5-3-6)9(13,8(11)12)10(14,15)16/h2-5,8H,1H3. The summed E-state index contributed by atoms with van der Waals surface area (Å²) < 4.78 is 74.8. The summed E-state index contributed by atoms with van der Waals surface area (Å²) in [5.41, 5.74) is -5.14. The fourth-order valence-electron chi connectivity index (χ4n) is 1.21. The monoisotopic (exact) mass is 242 g/mol. The molecule has 0 aromatic heterocycles. The first-order valence-corrected chi connectivity index (χ1v) is 4.30. The Bertz CT molecular complexity index is 353. The number of benzene rings is 1. The Balaban J connectivity index is 3.28. The Labute approximate surface area is 87.9 Å². The largest absolute Gasteiger partial charge is 0.432 e. The zero-order valence-electron chi connectivity index (χ0n) is 8.15. The van der Waals surface area contributed by atoms with Crippen LogP contribution in [0, 0.1) is 6.92 Å². The van der Waals surface area contributed by atoms with Gasteiger partial charge < -0.3 is 0 Å². The lowest BCUT2D eigenvalue weighted by Crippen LogP contribution is -2.44. The van der Waals surface area contributed by atoms with Gasteiger partial charge in [0.1, 0.15) is 0 Å². The maximum absolute atomic E-state index is 13.4. The van der Waals surface area contributed by atoms with E-state index in [0.717, 1.165) is 24.3 Å². The molecule has 1 rings (SSSR count). The molecule has 0 spiro atoms. The molecule has 0 heterocycles. The van der Waals surface area contributed by atoms with Gasteiger partial charge in [0, 0.05) is 5.56 Å². The molecule has 0 saturated carbocycles. The van der Waals surface area contributed by atoms with Crippen LogP contribution in [0.15, 0.2) is 24.3 Å². The minimum absolute atomic E-state index is 0.558. The van der Waals surface area contributed by atoms with Gasteiger partial charge in [-0.1, -0.05) is 29.8 Å². The number of alkyl halides is 6. The lowest BCUT2D eigenvalue weighted by molar-refractivity contribution is -0.274. The molecule has 16 heavy (non-hydrogen) atoms. The maximum Gasteiger partial charge on any atom is 0.432 e.